The number of nitrogen functional groups attached to an aromatic ring is 1. The molecule has 0 amide bonds. The Labute approximate surface area is 124 Å². The average Bonchev–Trinajstić information content (AvgIpc) is 2.86. The van der Waals surface area contributed by atoms with E-state index in [1.165, 1.54) is 0 Å². The van der Waals surface area contributed by atoms with Crippen LogP contribution in [-0.4, -0.2) is 39.5 Å². The fourth-order valence-electron chi connectivity index (χ4n) is 1.94. The zero-order valence-corrected chi connectivity index (χ0v) is 12.8. The van der Waals surface area contributed by atoms with Crippen molar-refractivity contribution in [3.8, 4) is 17.1 Å². The maximum Gasteiger partial charge on any atom is 0.182 e. The van der Waals surface area contributed by atoms with Crippen LogP contribution >= 0.6 is 0 Å². The molecule has 114 valence electrons. The van der Waals surface area contributed by atoms with Crippen LogP contribution in [0.3, 0.4) is 0 Å². The Bertz CT molecular complexity index is 609. The largest absolute Gasteiger partial charge is 0.494 e. The van der Waals surface area contributed by atoms with Gasteiger partial charge in [0.05, 0.1) is 18.8 Å². The van der Waals surface area contributed by atoms with Gasteiger partial charge in [0.2, 0.25) is 0 Å². The summed E-state index contributed by atoms with van der Waals surface area (Å²) in [6.45, 7) is 6.98. The average molecular weight is 291 g/mol. The number of nitrogens with zero attached hydrogens (tertiary/aromatic N) is 4. The van der Waals surface area contributed by atoms with Crippen molar-refractivity contribution in [1.29, 1.82) is 0 Å². The molecule has 0 fully saturated rings. The summed E-state index contributed by atoms with van der Waals surface area (Å²) >= 11 is 0. The number of hydrogen-bond acceptors (Lipinski definition) is 6. The van der Waals surface area contributed by atoms with E-state index in [-0.39, 0.29) is 5.60 Å². The van der Waals surface area contributed by atoms with Gasteiger partial charge >= 0.3 is 0 Å². The standard InChI is InChI=1S/C14H21N5O2/c1-5-21-12-7-10(6-11(15)8-12)13-16-17-18-19(13)9-14(2,3)20-4/h6-8H,5,9,15H2,1-4H3. The SMILES string of the molecule is CCOc1cc(N)cc(-c2nnnn2CC(C)(C)OC)c1. The third-order valence-corrected chi connectivity index (χ3v) is 3.11. The minimum Gasteiger partial charge on any atom is -0.494 e. The van der Waals surface area contributed by atoms with Crippen molar-refractivity contribution in [1.82, 2.24) is 20.2 Å². The maximum absolute atomic E-state index is 5.92. The Morgan fingerprint density at radius 1 is 1.29 bits per heavy atom. The summed E-state index contributed by atoms with van der Waals surface area (Å²) in [4.78, 5) is 0. The highest BCUT2D eigenvalue weighted by atomic mass is 16.5. The lowest BCUT2D eigenvalue weighted by Gasteiger charge is -2.22. The van der Waals surface area contributed by atoms with E-state index >= 15 is 0 Å². The maximum atomic E-state index is 5.92. The molecule has 7 heteroatoms. The molecule has 1 aromatic carbocycles. The molecule has 2 aromatic rings. The molecule has 0 bridgehead atoms. The molecule has 0 aliphatic carbocycles. The second-order valence-electron chi connectivity index (χ2n) is 5.35. The molecule has 0 aliphatic heterocycles. The van der Waals surface area contributed by atoms with Crippen LogP contribution in [0.5, 0.6) is 5.75 Å². The van der Waals surface area contributed by atoms with Crippen LogP contribution in [0.15, 0.2) is 18.2 Å². The van der Waals surface area contributed by atoms with Crippen LogP contribution in [0.4, 0.5) is 5.69 Å². The first kappa shape index (κ1) is 15.2. The molecule has 0 saturated heterocycles. The highest BCUT2D eigenvalue weighted by Gasteiger charge is 2.21. The molecule has 0 atom stereocenters. The fraction of sp³-hybridized carbons (Fsp3) is 0.500. The number of hydrogen-bond donors (Lipinski definition) is 1. The van der Waals surface area contributed by atoms with Crippen molar-refractivity contribution in [3.05, 3.63) is 18.2 Å². The van der Waals surface area contributed by atoms with Crippen LogP contribution in [0.2, 0.25) is 0 Å². The lowest BCUT2D eigenvalue weighted by atomic mass is 10.1. The zero-order valence-electron chi connectivity index (χ0n) is 12.8. The Balaban J connectivity index is 2.37. The van der Waals surface area contributed by atoms with E-state index in [9.17, 15) is 0 Å². The van der Waals surface area contributed by atoms with Gasteiger partial charge in [0, 0.05) is 24.4 Å². The van der Waals surface area contributed by atoms with Crippen molar-refractivity contribution in [2.24, 2.45) is 0 Å². The highest BCUT2D eigenvalue weighted by Crippen LogP contribution is 2.26. The summed E-state index contributed by atoms with van der Waals surface area (Å²) in [6, 6.07) is 5.48. The second kappa shape index (κ2) is 6.09. The lowest BCUT2D eigenvalue weighted by Crippen LogP contribution is -2.30. The predicted molar refractivity (Wildman–Crippen MR) is 79.9 cm³/mol. The number of methoxy groups -OCH3 is 1. The van der Waals surface area contributed by atoms with Gasteiger partial charge < -0.3 is 15.2 Å². The summed E-state index contributed by atoms with van der Waals surface area (Å²) < 4.78 is 12.6. The first-order valence-corrected chi connectivity index (χ1v) is 6.80. The van der Waals surface area contributed by atoms with Gasteiger partial charge in [-0.25, -0.2) is 4.68 Å². The molecule has 7 nitrogen and oxygen atoms in total. The molecule has 2 N–H and O–H groups in total. The van der Waals surface area contributed by atoms with E-state index in [4.69, 9.17) is 15.2 Å². The number of ether oxygens (including phenoxy) is 2. The van der Waals surface area contributed by atoms with Gasteiger partial charge in [-0.15, -0.1) is 5.10 Å². The van der Waals surface area contributed by atoms with E-state index in [1.54, 1.807) is 17.9 Å². The first-order valence-electron chi connectivity index (χ1n) is 6.80. The van der Waals surface area contributed by atoms with Crippen LogP contribution in [0, 0.1) is 0 Å². The highest BCUT2D eigenvalue weighted by molar-refractivity contribution is 5.64. The Morgan fingerprint density at radius 3 is 2.71 bits per heavy atom. The fourth-order valence-corrected chi connectivity index (χ4v) is 1.94. The van der Waals surface area contributed by atoms with Gasteiger partial charge in [0.1, 0.15) is 5.75 Å². The lowest BCUT2D eigenvalue weighted by molar-refractivity contribution is 0.00539. The molecular weight excluding hydrogens is 270 g/mol. The number of nitrogens with two attached hydrogens (primary N) is 1. The molecular formula is C14H21N5O2. The summed E-state index contributed by atoms with van der Waals surface area (Å²) in [5, 5.41) is 11.9. The zero-order chi connectivity index (χ0) is 15.5. The van der Waals surface area contributed by atoms with Gasteiger partial charge in [-0.1, -0.05) is 0 Å². The molecule has 2 rings (SSSR count). The third kappa shape index (κ3) is 3.69. The Hall–Kier alpha value is -2.15. The van der Waals surface area contributed by atoms with Crippen molar-refractivity contribution in [2.75, 3.05) is 19.5 Å². The van der Waals surface area contributed by atoms with E-state index in [2.05, 4.69) is 15.5 Å². The van der Waals surface area contributed by atoms with E-state index in [0.29, 0.717) is 30.4 Å². The topological polar surface area (TPSA) is 88.1 Å². The predicted octanol–water partition coefficient (Wildman–Crippen LogP) is 1.75. The summed E-state index contributed by atoms with van der Waals surface area (Å²) in [5.74, 6) is 1.33. The minimum atomic E-state index is -0.368. The van der Waals surface area contributed by atoms with Crippen molar-refractivity contribution in [2.45, 2.75) is 32.9 Å². The normalized spacial score (nSPS) is 11.6. The summed E-state index contributed by atoms with van der Waals surface area (Å²) in [7, 11) is 1.66. The Morgan fingerprint density at radius 2 is 2.05 bits per heavy atom. The monoisotopic (exact) mass is 291 g/mol. The molecule has 0 saturated carbocycles. The van der Waals surface area contributed by atoms with Crippen molar-refractivity contribution in [3.63, 3.8) is 0 Å². The number of tetrazole rings is 1. The Kier molecular flexibility index (Phi) is 4.42. The minimum absolute atomic E-state index is 0.368. The van der Waals surface area contributed by atoms with Crippen LogP contribution in [0.1, 0.15) is 20.8 Å². The quantitative estimate of drug-likeness (QED) is 0.816. The summed E-state index contributed by atoms with van der Waals surface area (Å²) in [5.41, 5.74) is 6.97. The first-order chi connectivity index (χ1) is 9.95. The van der Waals surface area contributed by atoms with Gasteiger partial charge in [-0.2, -0.15) is 0 Å². The number of benzene rings is 1. The molecule has 0 spiro atoms. The number of anilines is 1. The van der Waals surface area contributed by atoms with Crippen molar-refractivity contribution >= 4 is 5.69 Å². The van der Waals surface area contributed by atoms with Crippen LogP contribution < -0.4 is 10.5 Å². The van der Waals surface area contributed by atoms with E-state index in [0.717, 1.165) is 5.56 Å². The molecule has 0 radical (unpaired) electrons. The van der Waals surface area contributed by atoms with E-state index in [1.807, 2.05) is 32.9 Å². The molecule has 1 aromatic heterocycles. The van der Waals surface area contributed by atoms with Gasteiger partial charge in [-0.05, 0) is 43.3 Å². The molecule has 0 aliphatic rings. The summed E-state index contributed by atoms with van der Waals surface area (Å²) in [6.07, 6.45) is 0. The van der Waals surface area contributed by atoms with E-state index < -0.39 is 0 Å². The van der Waals surface area contributed by atoms with Gasteiger partial charge in [0.15, 0.2) is 5.82 Å². The molecule has 1 heterocycles. The molecule has 0 unspecified atom stereocenters. The number of aromatic nitrogens is 4. The molecule has 21 heavy (non-hydrogen) atoms. The van der Waals surface area contributed by atoms with Gasteiger partial charge in [-0.3, -0.25) is 0 Å². The van der Waals surface area contributed by atoms with Gasteiger partial charge in [0.25, 0.3) is 0 Å². The van der Waals surface area contributed by atoms with Crippen LogP contribution in [-0.2, 0) is 11.3 Å². The van der Waals surface area contributed by atoms with Crippen molar-refractivity contribution < 1.29 is 9.47 Å². The van der Waals surface area contributed by atoms with Crippen LogP contribution in [0.25, 0.3) is 11.4 Å². The number of rotatable bonds is 6. The third-order valence-electron chi connectivity index (χ3n) is 3.11. The second-order valence-corrected chi connectivity index (χ2v) is 5.35. The smallest absolute Gasteiger partial charge is 0.182 e.